The number of rotatable bonds is 3. The van der Waals surface area contributed by atoms with Gasteiger partial charge in [-0.05, 0) is 44.5 Å². The molecule has 0 aromatic heterocycles. The van der Waals surface area contributed by atoms with Crippen LogP contribution in [0.4, 0.5) is 13.2 Å². The normalized spacial score (nSPS) is 22.1. The van der Waals surface area contributed by atoms with Gasteiger partial charge in [-0.25, -0.2) is 17.9 Å². The highest BCUT2D eigenvalue weighted by atomic mass is 32.2. The zero-order valence-corrected chi connectivity index (χ0v) is 15.1. The van der Waals surface area contributed by atoms with Crippen molar-refractivity contribution in [2.75, 3.05) is 19.7 Å². The summed E-state index contributed by atoms with van der Waals surface area (Å²) in [6.45, 7) is 2.35. The van der Waals surface area contributed by atoms with Crippen LogP contribution in [0.2, 0.25) is 0 Å². The fraction of sp³-hybridized carbons (Fsp3) is 0.562. The minimum Gasteiger partial charge on any atom is -0.475 e. The first-order chi connectivity index (χ1) is 12.5. The van der Waals surface area contributed by atoms with Crippen molar-refractivity contribution >= 4 is 16.0 Å². The summed E-state index contributed by atoms with van der Waals surface area (Å²) in [7, 11) is -3.44. The summed E-state index contributed by atoms with van der Waals surface area (Å²) >= 11 is 0. The molecular formula is C16H21F3N2O5S. The van der Waals surface area contributed by atoms with Crippen LogP contribution >= 0.6 is 0 Å². The molecule has 1 atom stereocenters. The fourth-order valence-corrected chi connectivity index (χ4v) is 4.28. The molecular weight excluding hydrogens is 389 g/mol. The number of carbonyl (C=O) groups is 1. The van der Waals surface area contributed by atoms with Gasteiger partial charge in [-0.15, -0.1) is 0 Å². The maximum Gasteiger partial charge on any atom is 0.490 e. The molecule has 0 aliphatic carbocycles. The number of benzene rings is 1. The molecule has 152 valence electrons. The van der Waals surface area contributed by atoms with Crippen LogP contribution in [0.15, 0.2) is 35.2 Å². The van der Waals surface area contributed by atoms with Gasteiger partial charge in [-0.3, -0.25) is 0 Å². The number of carboxylic acids is 1. The SMILES string of the molecule is O=C(O)C(F)(F)F.O=S(=O)(N[C@@H]1COC2(CCNCC2)C1)c1ccccc1. The summed E-state index contributed by atoms with van der Waals surface area (Å²) in [5.41, 5.74) is -0.130. The van der Waals surface area contributed by atoms with Gasteiger partial charge >= 0.3 is 12.1 Å². The van der Waals surface area contributed by atoms with Gasteiger partial charge in [0, 0.05) is 6.04 Å². The van der Waals surface area contributed by atoms with Crippen molar-refractivity contribution in [1.29, 1.82) is 0 Å². The van der Waals surface area contributed by atoms with Crippen LogP contribution in [0.3, 0.4) is 0 Å². The summed E-state index contributed by atoms with van der Waals surface area (Å²) in [5, 5.41) is 10.4. The lowest BCUT2D eigenvalue weighted by Gasteiger charge is -2.32. The molecule has 2 heterocycles. The smallest absolute Gasteiger partial charge is 0.475 e. The molecule has 1 aromatic rings. The standard InChI is InChI=1S/C14H20N2O3S.C2HF3O2/c17-20(18,13-4-2-1-3-5-13)16-12-10-14(19-11-12)6-8-15-9-7-14;3-2(4,5)1(6)7/h1-5,12,15-16H,6-11H2;(H,6,7)/t12-;/m0./s1. The Morgan fingerprint density at radius 3 is 2.30 bits per heavy atom. The molecule has 1 aromatic carbocycles. The number of aliphatic carboxylic acids is 1. The second kappa shape index (κ2) is 8.55. The van der Waals surface area contributed by atoms with Gasteiger partial charge in [0.2, 0.25) is 10.0 Å². The lowest BCUT2D eigenvalue weighted by atomic mass is 9.88. The van der Waals surface area contributed by atoms with Gasteiger partial charge in [0.15, 0.2) is 0 Å². The first kappa shape index (κ1) is 21.6. The molecule has 0 radical (unpaired) electrons. The van der Waals surface area contributed by atoms with E-state index in [1.807, 2.05) is 6.07 Å². The number of hydrogen-bond acceptors (Lipinski definition) is 5. The Labute approximate surface area is 155 Å². The lowest BCUT2D eigenvalue weighted by Crippen LogP contribution is -2.42. The van der Waals surface area contributed by atoms with E-state index in [0.717, 1.165) is 32.4 Å². The lowest BCUT2D eigenvalue weighted by molar-refractivity contribution is -0.192. The highest BCUT2D eigenvalue weighted by Gasteiger charge is 2.42. The Morgan fingerprint density at radius 1 is 1.22 bits per heavy atom. The van der Waals surface area contributed by atoms with Gasteiger partial charge in [0.1, 0.15) is 0 Å². The van der Waals surface area contributed by atoms with E-state index >= 15 is 0 Å². The average Bonchev–Trinajstić information content (AvgIpc) is 2.97. The number of sulfonamides is 1. The maximum atomic E-state index is 12.3. The highest BCUT2D eigenvalue weighted by molar-refractivity contribution is 7.89. The second-order valence-electron chi connectivity index (χ2n) is 6.38. The molecule has 2 aliphatic rings. The molecule has 2 fully saturated rings. The topological polar surface area (TPSA) is 105 Å². The average molecular weight is 410 g/mol. The number of hydrogen-bond donors (Lipinski definition) is 3. The van der Waals surface area contributed by atoms with Crippen LogP contribution < -0.4 is 10.0 Å². The van der Waals surface area contributed by atoms with E-state index in [4.69, 9.17) is 14.6 Å². The molecule has 2 saturated heterocycles. The zero-order chi connectivity index (χ0) is 20.1. The predicted octanol–water partition coefficient (Wildman–Crippen LogP) is 1.51. The van der Waals surface area contributed by atoms with Crippen molar-refractivity contribution in [3.63, 3.8) is 0 Å². The van der Waals surface area contributed by atoms with Crippen LogP contribution in [0.1, 0.15) is 19.3 Å². The Morgan fingerprint density at radius 2 is 1.78 bits per heavy atom. The number of piperidine rings is 1. The van der Waals surface area contributed by atoms with Crippen molar-refractivity contribution < 1.29 is 36.2 Å². The Balaban J connectivity index is 0.000000321. The fourth-order valence-electron chi connectivity index (χ4n) is 3.04. The molecule has 7 nitrogen and oxygen atoms in total. The molecule has 27 heavy (non-hydrogen) atoms. The maximum absolute atomic E-state index is 12.3. The third kappa shape index (κ3) is 6.16. The van der Waals surface area contributed by atoms with E-state index in [0.29, 0.717) is 11.5 Å². The molecule has 0 unspecified atom stereocenters. The van der Waals surface area contributed by atoms with E-state index in [1.54, 1.807) is 24.3 Å². The quantitative estimate of drug-likeness (QED) is 0.698. The van der Waals surface area contributed by atoms with E-state index in [2.05, 4.69) is 10.0 Å². The first-order valence-corrected chi connectivity index (χ1v) is 9.75. The van der Waals surface area contributed by atoms with E-state index in [-0.39, 0.29) is 11.6 Å². The number of alkyl halides is 3. The van der Waals surface area contributed by atoms with Gasteiger partial charge in [-0.2, -0.15) is 13.2 Å². The molecule has 3 N–H and O–H groups in total. The minimum atomic E-state index is -5.08. The zero-order valence-electron chi connectivity index (χ0n) is 14.3. The Hall–Kier alpha value is -1.69. The van der Waals surface area contributed by atoms with Gasteiger partial charge < -0.3 is 15.2 Å². The van der Waals surface area contributed by atoms with Crippen molar-refractivity contribution in [3.05, 3.63) is 30.3 Å². The molecule has 3 rings (SSSR count). The minimum absolute atomic E-state index is 0.127. The van der Waals surface area contributed by atoms with E-state index in [9.17, 15) is 21.6 Å². The molecule has 11 heteroatoms. The molecule has 0 amide bonds. The second-order valence-corrected chi connectivity index (χ2v) is 8.10. The van der Waals surface area contributed by atoms with Crippen LogP contribution in [-0.4, -0.2) is 57.0 Å². The van der Waals surface area contributed by atoms with Gasteiger partial charge in [0.25, 0.3) is 0 Å². The third-order valence-electron chi connectivity index (χ3n) is 4.34. The monoisotopic (exact) mass is 410 g/mol. The number of nitrogens with one attached hydrogen (secondary N) is 2. The summed E-state index contributed by atoms with van der Waals surface area (Å²) in [4.78, 5) is 9.21. The van der Waals surface area contributed by atoms with Crippen molar-refractivity contribution in [2.45, 2.75) is 42.0 Å². The van der Waals surface area contributed by atoms with Crippen molar-refractivity contribution in [2.24, 2.45) is 0 Å². The van der Waals surface area contributed by atoms with E-state index in [1.165, 1.54) is 0 Å². The summed E-state index contributed by atoms with van der Waals surface area (Å²) < 4.78 is 65.0. The molecule has 0 saturated carbocycles. The number of carboxylic acid groups (broad SMARTS) is 1. The molecule has 2 aliphatic heterocycles. The van der Waals surface area contributed by atoms with Gasteiger partial charge in [-0.1, -0.05) is 18.2 Å². The molecule has 1 spiro atoms. The third-order valence-corrected chi connectivity index (χ3v) is 5.88. The first-order valence-electron chi connectivity index (χ1n) is 8.26. The summed E-state index contributed by atoms with van der Waals surface area (Å²) in [6, 6.07) is 8.36. The van der Waals surface area contributed by atoms with Crippen LogP contribution in [-0.2, 0) is 19.6 Å². The molecule has 0 bridgehead atoms. The van der Waals surface area contributed by atoms with Crippen molar-refractivity contribution in [1.82, 2.24) is 10.0 Å². The summed E-state index contributed by atoms with van der Waals surface area (Å²) in [6.07, 6.45) is -2.41. The summed E-state index contributed by atoms with van der Waals surface area (Å²) in [5.74, 6) is -2.76. The van der Waals surface area contributed by atoms with Crippen LogP contribution in [0.5, 0.6) is 0 Å². The van der Waals surface area contributed by atoms with Crippen molar-refractivity contribution in [3.8, 4) is 0 Å². The predicted molar refractivity (Wildman–Crippen MR) is 89.6 cm³/mol. The van der Waals surface area contributed by atoms with Crippen LogP contribution in [0, 0.1) is 0 Å². The largest absolute Gasteiger partial charge is 0.490 e. The Kier molecular flexibility index (Phi) is 6.84. The number of ether oxygens (including phenoxy) is 1. The van der Waals surface area contributed by atoms with E-state index < -0.39 is 22.2 Å². The Bertz CT molecular complexity index is 734. The highest BCUT2D eigenvalue weighted by Crippen LogP contribution is 2.34. The van der Waals surface area contributed by atoms with Gasteiger partial charge in [0.05, 0.1) is 17.1 Å². The number of halogens is 3. The van der Waals surface area contributed by atoms with Crippen LogP contribution in [0.25, 0.3) is 0 Å².